The number of ether oxygens (including phenoxy) is 4. The Bertz CT molecular complexity index is 176. The van der Waals surface area contributed by atoms with E-state index in [0.29, 0.717) is 33.0 Å². The summed E-state index contributed by atoms with van der Waals surface area (Å²) in [5.74, 6) is 0. The standard InChI is InChI=1S/C12H26O6/c1-10(16-7-6-15-5-4-13)8-17-11(2)9-18-12(3)14/h10-14H,4-9H2,1-3H3. The van der Waals surface area contributed by atoms with Crippen molar-refractivity contribution in [3.05, 3.63) is 0 Å². The van der Waals surface area contributed by atoms with Gasteiger partial charge < -0.3 is 29.2 Å². The highest BCUT2D eigenvalue weighted by Crippen LogP contribution is 1.99. The second-order valence-corrected chi connectivity index (χ2v) is 4.09. The fourth-order valence-electron chi connectivity index (χ4n) is 1.15. The van der Waals surface area contributed by atoms with Gasteiger partial charge >= 0.3 is 0 Å². The van der Waals surface area contributed by atoms with Crippen molar-refractivity contribution < 1.29 is 29.2 Å². The van der Waals surface area contributed by atoms with Crippen LogP contribution >= 0.6 is 0 Å². The van der Waals surface area contributed by atoms with E-state index in [1.165, 1.54) is 0 Å². The number of hydrogen-bond acceptors (Lipinski definition) is 6. The Morgan fingerprint density at radius 1 is 0.833 bits per heavy atom. The van der Waals surface area contributed by atoms with E-state index in [9.17, 15) is 0 Å². The highest BCUT2D eigenvalue weighted by atomic mass is 16.6. The van der Waals surface area contributed by atoms with Crippen LogP contribution in [0.5, 0.6) is 0 Å². The molecule has 3 unspecified atom stereocenters. The van der Waals surface area contributed by atoms with Crippen LogP contribution in [0.25, 0.3) is 0 Å². The van der Waals surface area contributed by atoms with Gasteiger partial charge in [0, 0.05) is 0 Å². The quantitative estimate of drug-likeness (QED) is 0.387. The van der Waals surface area contributed by atoms with Crippen molar-refractivity contribution in [2.75, 3.05) is 39.6 Å². The van der Waals surface area contributed by atoms with Crippen LogP contribution < -0.4 is 0 Å². The van der Waals surface area contributed by atoms with Gasteiger partial charge in [0.25, 0.3) is 0 Å². The summed E-state index contributed by atoms with van der Waals surface area (Å²) in [7, 11) is 0. The Morgan fingerprint density at radius 3 is 2.06 bits per heavy atom. The SMILES string of the molecule is CC(O)OCC(C)OCC(C)OCCOCCO. The maximum atomic E-state index is 8.93. The van der Waals surface area contributed by atoms with Gasteiger partial charge in [-0.2, -0.15) is 0 Å². The molecule has 0 bridgehead atoms. The Morgan fingerprint density at radius 2 is 1.44 bits per heavy atom. The monoisotopic (exact) mass is 266 g/mol. The van der Waals surface area contributed by atoms with Crippen LogP contribution in [-0.4, -0.2) is 68.4 Å². The molecule has 18 heavy (non-hydrogen) atoms. The minimum absolute atomic E-state index is 0.0272. The highest BCUT2D eigenvalue weighted by molar-refractivity contribution is 4.52. The first-order valence-electron chi connectivity index (χ1n) is 6.27. The van der Waals surface area contributed by atoms with Crippen LogP contribution in [0.1, 0.15) is 20.8 Å². The first kappa shape index (κ1) is 17.8. The van der Waals surface area contributed by atoms with Crippen molar-refractivity contribution >= 4 is 0 Å². The molecule has 0 saturated carbocycles. The molecule has 0 amide bonds. The van der Waals surface area contributed by atoms with E-state index in [1.54, 1.807) is 6.92 Å². The van der Waals surface area contributed by atoms with Crippen molar-refractivity contribution in [2.24, 2.45) is 0 Å². The highest BCUT2D eigenvalue weighted by Gasteiger charge is 2.08. The summed E-state index contributed by atoms with van der Waals surface area (Å²) < 4.78 is 21.0. The zero-order valence-electron chi connectivity index (χ0n) is 11.5. The molecule has 2 N–H and O–H groups in total. The zero-order valence-corrected chi connectivity index (χ0v) is 11.5. The molecule has 0 aromatic heterocycles. The minimum Gasteiger partial charge on any atom is -0.394 e. The van der Waals surface area contributed by atoms with Gasteiger partial charge in [0.05, 0.1) is 51.8 Å². The van der Waals surface area contributed by atoms with Crippen molar-refractivity contribution in [2.45, 2.75) is 39.3 Å². The minimum atomic E-state index is -0.770. The third-order valence-electron chi connectivity index (χ3n) is 2.05. The number of aliphatic hydroxyl groups excluding tert-OH is 2. The number of rotatable bonds is 12. The summed E-state index contributed by atoms with van der Waals surface area (Å²) in [5.41, 5.74) is 0. The van der Waals surface area contributed by atoms with Gasteiger partial charge in [-0.05, 0) is 20.8 Å². The van der Waals surface area contributed by atoms with Gasteiger partial charge in [-0.25, -0.2) is 0 Å². The third-order valence-corrected chi connectivity index (χ3v) is 2.05. The molecular formula is C12H26O6. The lowest BCUT2D eigenvalue weighted by molar-refractivity contribution is -0.126. The Balaban J connectivity index is 3.37. The molecule has 0 aliphatic rings. The second-order valence-electron chi connectivity index (χ2n) is 4.09. The molecule has 0 aromatic rings. The van der Waals surface area contributed by atoms with E-state index >= 15 is 0 Å². The molecule has 0 fully saturated rings. The van der Waals surface area contributed by atoms with E-state index in [1.807, 2.05) is 13.8 Å². The molecule has 6 nitrogen and oxygen atoms in total. The first-order chi connectivity index (χ1) is 8.56. The van der Waals surface area contributed by atoms with Gasteiger partial charge in [-0.3, -0.25) is 0 Å². The molecule has 0 saturated heterocycles. The summed E-state index contributed by atoms with van der Waals surface area (Å²) in [5, 5.41) is 17.4. The van der Waals surface area contributed by atoms with Crippen molar-refractivity contribution in [3.8, 4) is 0 Å². The summed E-state index contributed by atoms with van der Waals surface area (Å²) >= 11 is 0. The van der Waals surface area contributed by atoms with Crippen LogP contribution in [0.3, 0.4) is 0 Å². The maximum Gasteiger partial charge on any atom is 0.151 e. The topological polar surface area (TPSA) is 77.4 Å². The van der Waals surface area contributed by atoms with Gasteiger partial charge in [-0.15, -0.1) is 0 Å². The number of aliphatic hydroxyl groups is 2. The fraction of sp³-hybridized carbons (Fsp3) is 1.00. The lowest BCUT2D eigenvalue weighted by Gasteiger charge is -2.18. The molecule has 0 rings (SSSR count). The Labute approximate surface area is 109 Å². The molecule has 0 heterocycles. The normalized spacial score (nSPS) is 16.5. The van der Waals surface area contributed by atoms with E-state index in [-0.39, 0.29) is 18.8 Å². The van der Waals surface area contributed by atoms with Gasteiger partial charge in [0.2, 0.25) is 0 Å². The molecule has 0 radical (unpaired) electrons. The average molecular weight is 266 g/mol. The maximum absolute atomic E-state index is 8.93. The fourth-order valence-corrected chi connectivity index (χ4v) is 1.15. The molecule has 0 spiro atoms. The van der Waals surface area contributed by atoms with Crippen molar-refractivity contribution in [1.82, 2.24) is 0 Å². The molecule has 3 atom stereocenters. The van der Waals surface area contributed by atoms with Crippen molar-refractivity contribution in [1.29, 1.82) is 0 Å². The van der Waals surface area contributed by atoms with Crippen LogP contribution in [0.2, 0.25) is 0 Å². The summed E-state index contributed by atoms with van der Waals surface area (Å²) in [4.78, 5) is 0. The Hall–Kier alpha value is -0.240. The summed E-state index contributed by atoms with van der Waals surface area (Å²) in [6.45, 7) is 7.46. The molecule has 0 aliphatic heterocycles. The van der Waals surface area contributed by atoms with E-state index in [0.717, 1.165) is 0 Å². The van der Waals surface area contributed by atoms with E-state index in [2.05, 4.69) is 0 Å². The second kappa shape index (κ2) is 11.8. The average Bonchev–Trinajstić information content (AvgIpc) is 2.33. The van der Waals surface area contributed by atoms with Gasteiger partial charge in [0.1, 0.15) is 0 Å². The molecule has 6 heteroatoms. The molecule has 0 aromatic carbocycles. The van der Waals surface area contributed by atoms with Gasteiger partial charge in [0.15, 0.2) is 6.29 Å². The number of hydrogen-bond donors (Lipinski definition) is 2. The predicted molar refractivity (Wildman–Crippen MR) is 66.4 cm³/mol. The molecule has 0 aliphatic carbocycles. The predicted octanol–water partition coefficient (Wildman–Crippen LogP) is 0.160. The smallest absolute Gasteiger partial charge is 0.151 e. The first-order valence-corrected chi connectivity index (χ1v) is 6.27. The Kier molecular flexibility index (Phi) is 11.7. The summed E-state index contributed by atoms with van der Waals surface area (Å²) in [6.07, 6.45) is -0.888. The molecule has 110 valence electrons. The van der Waals surface area contributed by atoms with Crippen LogP contribution in [0, 0.1) is 0 Å². The van der Waals surface area contributed by atoms with Gasteiger partial charge in [-0.1, -0.05) is 0 Å². The van der Waals surface area contributed by atoms with Crippen LogP contribution in [-0.2, 0) is 18.9 Å². The third kappa shape index (κ3) is 12.2. The summed E-state index contributed by atoms with van der Waals surface area (Å²) in [6, 6.07) is 0. The largest absolute Gasteiger partial charge is 0.394 e. The lowest BCUT2D eigenvalue weighted by Crippen LogP contribution is -2.25. The van der Waals surface area contributed by atoms with Crippen molar-refractivity contribution in [3.63, 3.8) is 0 Å². The van der Waals surface area contributed by atoms with E-state index in [4.69, 9.17) is 29.2 Å². The molecular weight excluding hydrogens is 240 g/mol. The van der Waals surface area contributed by atoms with Crippen LogP contribution in [0.15, 0.2) is 0 Å². The zero-order chi connectivity index (χ0) is 13.8. The lowest BCUT2D eigenvalue weighted by atomic mass is 10.4. The van der Waals surface area contributed by atoms with E-state index < -0.39 is 6.29 Å². The van der Waals surface area contributed by atoms with Crippen LogP contribution in [0.4, 0.5) is 0 Å².